The molecule has 2 nitrogen and oxygen atoms in total. The van der Waals surface area contributed by atoms with Gasteiger partial charge in [0.05, 0.1) is 12.1 Å². The molecule has 0 radical (unpaired) electrons. The van der Waals surface area contributed by atoms with E-state index in [4.69, 9.17) is 0 Å². The van der Waals surface area contributed by atoms with Crippen LogP contribution in [0.2, 0.25) is 0 Å². The molecule has 9 unspecified atom stereocenters. The first-order valence-electron chi connectivity index (χ1n) is 20.9. The van der Waals surface area contributed by atoms with Gasteiger partial charge in [-0.25, -0.2) is 0 Å². The van der Waals surface area contributed by atoms with Crippen molar-refractivity contribution in [1.82, 2.24) is 9.80 Å². The Labute approximate surface area is 312 Å². The lowest BCUT2D eigenvalue weighted by Gasteiger charge is -2.49. The molecule has 1 heterocycles. The molecule has 2 heteroatoms. The van der Waals surface area contributed by atoms with E-state index < -0.39 is 0 Å². The highest BCUT2D eigenvalue weighted by Crippen LogP contribution is 2.65. The van der Waals surface area contributed by atoms with Crippen molar-refractivity contribution in [2.24, 2.45) is 46.8 Å². The Hall–Kier alpha value is -3.78. The predicted molar refractivity (Wildman–Crippen MR) is 215 cm³/mol. The molecule has 2 saturated carbocycles. The van der Waals surface area contributed by atoms with Crippen LogP contribution in [-0.2, 0) is 5.41 Å². The minimum atomic E-state index is 0.0207. The SMILES string of the molecule is CC1C(N(C2C=C3C(=CC2)c2ccccc2C3(C)C)[C@H]2CC3=C(C4CC42)N(C2=CC=CCC2)C2C=CC=CC32)=CC=C2C3CCC=CC3C(C)(C)C21. The number of benzene rings is 1. The van der Waals surface area contributed by atoms with E-state index in [0.29, 0.717) is 59.6 Å². The fourth-order valence-electron chi connectivity index (χ4n) is 13.6. The van der Waals surface area contributed by atoms with Crippen LogP contribution >= 0.6 is 0 Å². The zero-order chi connectivity index (χ0) is 35.1. The van der Waals surface area contributed by atoms with Crippen LogP contribution in [0.25, 0.3) is 5.57 Å². The van der Waals surface area contributed by atoms with Gasteiger partial charge >= 0.3 is 0 Å². The molecule has 0 saturated heterocycles. The van der Waals surface area contributed by atoms with Crippen molar-refractivity contribution in [2.75, 3.05) is 0 Å². The summed E-state index contributed by atoms with van der Waals surface area (Å²) in [5.74, 6) is 4.35. The van der Waals surface area contributed by atoms with Crippen LogP contribution in [0.15, 0.2) is 137 Å². The van der Waals surface area contributed by atoms with Crippen molar-refractivity contribution >= 4 is 5.57 Å². The lowest BCUT2D eigenvalue weighted by atomic mass is 9.67. The molecule has 2 fully saturated rings. The van der Waals surface area contributed by atoms with Crippen molar-refractivity contribution in [3.63, 3.8) is 0 Å². The van der Waals surface area contributed by atoms with Crippen molar-refractivity contribution < 1.29 is 0 Å². The summed E-state index contributed by atoms with van der Waals surface area (Å²) in [6, 6.07) is 10.6. The van der Waals surface area contributed by atoms with E-state index >= 15 is 0 Å². The monoisotopic (exact) mass is 684 g/mol. The first-order chi connectivity index (χ1) is 25.2. The number of rotatable bonds is 4. The zero-order valence-corrected chi connectivity index (χ0v) is 31.9. The summed E-state index contributed by atoms with van der Waals surface area (Å²) in [4.78, 5) is 5.90. The molecule has 10 aliphatic rings. The highest BCUT2D eigenvalue weighted by molar-refractivity contribution is 5.90. The van der Waals surface area contributed by atoms with Gasteiger partial charge in [0.2, 0.25) is 0 Å². The van der Waals surface area contributed by atoms with Crippen molar-refractivity contribution in [3.8, 4) is 0 Å². The minimum absolute atomic E-state index is 0.0207. The lowest BCUT2D eigenvalue weighted by Crippen LogP contribution is -2.48. The molecule has 1 aromatic carbocycles. The molecule has 0 aromatic heterocycles. The van der Waals surface area contributed by atoms with Gasteiger partial charge in [-0.2, -0.15) is 0 Å². The number of fused-ring (bicyclic) bond motifs is 10. The Morgan fingerprint density at radius 3 is 2.62 bits per heavy atom. The summed E-state index contributed by atoms with van der Waals surface area (Å²) < 4.78 is 0. The van der Waals surface area contributed by atoms with Crippen LogP contribution in [0.1, 0.15) is 90.7 Å². The highest BCUT2D eigenvalue weighted by Gasteiger charge is 2.60. The van der Waals surface area contributed by atoms with E-state index in [9.17, 15) is 0 Å². The molecule has 0 spiro atoms. The fourth-order valence-corrected chi connectivity index (χ4v) is 13.6. The highest BCUT2D eigenvalue weighted by atomic mass is 15.3. The zero-order valence-electron chi connectivity index (χ0n) is 31.9. The van der Waals surface area contributed by atoms with E-state index in [-0.39, 0.29) is 10.8 Å². The Morgan fingerprint density at radius 1 is 0.885 bits per heavy atom. The largest absolute Gasteiger partial charge is 0.364 e. The molecular weight excluding hydrogens is 629 g/mol. The van der Waals surface area contributed by atoms with Crippen molar-refractivity contribution in [3.05, 3.63) is 148 Å². The summed E-state index contributed by atoms with van der Waals surface area (Å²) in [5.41, 5.74) is 14.7. The van der Waals surface area contributed by atoms with Gasteiger partial charge in [0.25, 0.3) is 0 Å². The first kappa shape index (κ1) is 31.7. The Balaban J connectivity index is 1.03. The van der Waals surface area contributed by atoms with Crippen LogP contribution in [0.4, 0.5) is 0 Å². The lowest BCUT2D eigenvalue weighted by molar-refractivity contribution is 0.118. The van der Waals surface area contributed by atoms with Gasteiger partial charge in [0.15, 0.2) is 0 Å². The van der Waals surface area contributed by atoms with Gasteiger partial charge < -0.3 is 9.80 Å². The van der Waals surface area contributed by atoms with E-state index in [1.807, 2.05) is 0 Å². The third-order valence-corrected chi connectivity index (χ3v) is 15.9. The summed E-state index contributed by atoms with van der Waals surface area (Å²) >= 11 is 0. The molecule has 266 valence electrons. The summed E-state index contributed by atoms with van der Waals surface area (Å²) in [6.07, 6.45) is 41.1. The van der Waals surface area contributed by atoms with Gasteiger partial charge in [-0.05, 0) is 114 Å². The van der Waals surface area contributed by atoms with E-state index in [2.05, 4.69) is 148 Å². The molecule has 0 bridgehead atoms. The molecular formula is C50H56N2. The minimum Gasteiger partial charge on any atom is -0.364 e. The van der Waals surface area contributed by atoms with Crippen LogP contribution < -0.4 is 0 Å². The Morgan fingerprint density at radius 2 is 1.75 bits per heavy atom. The Kier molecular flexibility index (Phi) is 6.79. The van der Waals surface area contributed by atoms with Crippen molar-refractivity contribution in [1.29, 1.82) is 0 Å². The summed E-state index contributed by atoms with van der Waals surface area (Å²) in [5, 5.41) is 0. The third-order valence-electron chi connectivity index (χ3n) is 15.9. The van der Waals surface area contributed by atoms with Gasteiger partial charge in [0.1, 0.15) is 0 Å². The first-order valence-corrected chi connectivity index (χ1v) is 20.9. The second-order valence-electron chi connectivity index (χ2n) is 19.0. The predicted octanol–water partition coefficient (Wildman–Crippen LogP) is 11.4. The smallest absolute Gasteiger partial charge is 0.0620 e. The maximum absolute atomic E-state index is 3.07. The maximum Gasteiger partial charge on any atom is 0.0620 e. The second-order valence-corrected chi connectivity index (χ2v) is 19.0. The molecule has 1 aliphatic heterocycles. The normalized spacial score (nSPS) is 39.2. The third kappa shape index (κ3) is 4.24. The average molecular weight is 685 g/mol. The number of nitrogens with zero attached hydrogens (tertiary/aromatic N) is 2. The number of hydrogen-bond donors (Lipinski definition) is 0. The second kappa shape index (κ2) is 11.1. The van der Waals surface area contributed by atoms with Crippen LogP contribution in [0, 0.1) is 46.8 Å². The Bertz CT molecular complexity index is 2060. The van der Waals surface area contributed by atoms with Gasteiger partial charge in [-0.15, -0.1) is 0 Å². The molecule has 11 rings (SSSR count). The van der Waals surface area contributed by atoms with Gasteiger partial charge in [-0.3, -0.25) is 0 Å². The van der Waals surface area contributed by atoms with Crippen molar-refractivity contribution in [2.45, 2.75) is 103 Å². The summed E-state index contributed by atoms with van der Waals surface area (Å²) in [7, 11) is 0. The maximum atomic E-state index is 3.07. The van der Waals surface area contributed by atoms with E-state index in [1.165, 1.54) is 42.4 Å². The molecule has 0 N–H and O–H groups in total. The number of allylic oxidation sites excluding steroid dienone is 15. The van der Waals surface area contributed by atoms with Crippen LogP contribution in [0.3, 0.4) is 0 Å². The van der Waals surface area contributed by atoms with Crippen LogP contribution in [0.5, 0.6) is 0 Å². The quantitative estimate of drug-likeness (QED) is 0.291. The van der Waals surface area contributed by atoms with Gasteiger partial charge in [0, 0.05) is 46.3 Å². The molecule has 10 atom stereocenters. The molecule has 0 amide bonds. The van der Waals surface area contributed by atoms with E-state index in [0.717, 1.165) is 19.3 Å². The van der Waals surface area contributed by atoms with Crippen LogP contribution in [-0.4, -0.2) is 27.9 Å². The van der Waals surface area contributed by atoms with Gasteiger partial charge in [-0.1, -0.05) is 131 Å². The average Bonchev–Trinajstić information content (AvgIpc) is 3.79. The topological polar surface area (TPSA) is 6.48 Å². The van der Waals surface area contributed by atoms with E-state index in [1.54, 1.807) is 33.8 Å². The fraction of sp³-hybridized carbons (Fsp3) is 0.480. The summed E-state index contributed by atoms with van der Waals surface area (Å²) in [6.45, 7) is 12.8. The molecule has 9 aliphatic carbocycles. The molecule has 52 heavy (non-hydrogen) atoms. The number of hydrogen-bond acceptors (Lipinski definition) is 2. The standard InChI is InChI=1S/C50H56N2/c1-30-44(26-25-37-34-18-10-13-21-42(34)50(4,5)47(30)37)51(32-23-24-35-33-17-9-12-20-41(33)49(2,3)43(35)27-32)46-29-40-36-19-11-14-22-45(36)52(31-15-7-6-8-16-31)48(40)39-28-38(39)46/h6-7,9,11-15,17,19-22,24-27,30,32,34,36,38-39,42,45-47H,8,10,16,18,23,28-29H2,1-5H3/t30?,32?,34?,36?,38?,39?,42?,45?,46-,47?/m0/s1. The molecule has 1 aromatic rings.